The van der Waals surface area contributed by atoms with Gasteiger partial charge in [-0.05, 0) is 55.6 Å². The number of rotatable bonds is 15. The molecule has 196 valence electrons. The molecule has 1 aromatic rings. The maximum absolute atomic E-state index is 12.8. The lowest BCUT2D eigenvalue weighted by atomic mass is 9.94. The van der Waals surface area contributed by atoms with Crippen molar-refractivity contribution in [2.24, 2.45) is 23.1 Å². The summed E-state index contributed by atoms with van der Waals surface area (Å²) in [7, 11) is 0. The smallest absolute Gasteiger partial charge is 0.240 e. The number of aliphatic hydroxyl groups excluding tert-OH is 1. The molecular formula is C26H37N5O5. The molecule has 0 bridgehead atoms. The van der Waals surface area contributed by atoms with Crippen molar-refractivity contribution in [1.29, 1.82) is 0 Å². The number of nitrogens with two attached hydrogens (primary N) is 3. The molecule has 36 heavy (non-hydrogen) atoms. The summed E-state index contributed by atoms with van der Waals surface area (Å²) in [6.45, 7) is 0. The Bertz CT molecular complexity index is 963. The third-order valence-electron chi connectivity index (χ3n) is 6.15. The number of amides is 4. The van der Waals surface area contributed by atoms with E-state index in [1.807, 2.05) is 24.3 Å². The zero-order valence-corrected chi connectivity index (χ0v) is 20.4. The maximum Gasteiger partial charge on any atom is 0.240 e. The summed E-state index contributed by atoms with van der Waals surface area (Å²) < 4.78 is 0. The van der Waals surface area contributed by atoms with Gasteiger partial charge in [0.2, 0.25) is 23.6 Å². The lowest BCUT2D eigenvalue weighted by Gasteiger charge is -2.24. The van der Waals surface area contributed by atoms with Crippen LogP contribution in [0.15, 0.2) is 48.6 Å². The van der Waals surface area contributed by atoms with Crippen LogP contribution >= 0.6 is 0 Å². The van der Waals surface area contributed by atoms with Crippen molar-refractivity contribution in [2.45, 2.75) is 69.7 Å². The van der Waals surface area contributed by atoms with Gasteiger partial charge in [0.1, 0.15) is 12.3 Å². The van der Waals surface area contributed by atoms with Gasteiger partial charge in [-0.1, -0.05) is 48.6 Å². The normalized spacial score (nSPS) is 17.8. The molecule has 0 heterocycles. The molecule has 0 saturated carbocycles. The minimum Gasteiger partial charge on any atom is -0.379 e. The Kier molecular flexibility index (Phi) is 11.8. The molecule has 0 radical (unpaired) electrons. The molecule has 10 heteroatoms. The first-order valence-electron chi connectivity index (χ1n) is 12.2. The number of hydrogen-bond acceptors (Lipinski definition) is 6. The topological polar surface area (TPSA) is 191 Å². The fourth-order valence-corrected chi connectivity index (χ4v) is 4.09. The van der Waals surface area contributed by atoms with E-state index in [1.54, 1.807) is 0 Å². The zero-order chi connectivity index (χ0) is 26.5. The molecule has 2 unspecified atom stereocenters. The second-order valence-corrected chi connectivity index (χ2v) is 9.03. The minimum absolute atomic E-state index is 0.0210. The van der Waals surface area contributed by atoms with Crippen molar-refractivity contribution in [3.05, 3.63) is 54.1 Å². The largest absolute Gasteiger partial charge is 0.379 e. The summed E-state index contributed by atoms with van der Waals surface area (Å²) in [5.74, 6) is -2.43. The van der Waals surface area contributed by atoms with Gasteiger partial charge in [-0.2, -0.15) is 0 Å². The van der Waals surface area contributed by atoms with Gasteiger partial charge in [-0.15, -0.1) is 0 Å². The van der Waals surface area contributed by atoms with Crippen LogP contribution in [0.25, 0.3) is 5.57 Å². The zero-order valence-electron chi connectivity index (χ0n) is 20.4. The number of allylic oxidation sites excluding steroid dienone is 4. The van der Waals surface area contributed by atoms with Crippen molar-refractivity contribution in [3.63, 3.8) is 0 Å². The molecule has 4 atom stereocenters. The van der Waals surface area contributed by atoms with Gasteiger partial charge in [0.05, 0.1) is 6.04 Å². The van der Waals surface area contributed by atoms with Crippen LogP contribution in [-0.4, -0.2) is 47.0 Å². The molecule has 1 aromatic carbocycles. The monoisotopic (exact) mass is 499 g/mol. The molecule has 0 aromatic heterocycles. The first kappa shape index (κ1) is 28.7. The molecule has 0 spiro atoms. The van der Waals surface area contributed by atoms with Crippen LogP contribution in [0.5, 0.6) is 0 Å². The number of primary amides is 3. The predicted molar refractivity (Wildman–Crippen MR) is 136 cm³/mol. The Morgan fingerprint density at radius 3 is 2.19 bits per heavy atom. The third-order valence-corrected chi connectivity index (χ3v) is 6.15. The Labute approximate surface area is 211 Å². The second-order valence-electron chi connectivity index (χ2n) is 9.03. The lowest BCUT2D eigenvalue weighted by Crippen LogP contribution is -2.54. The minimum atomic E-state index is -1.11. The Hall–Kier alpha value is -3.50. The summed E-state index contributed by atoms with van der Waals surface area (Å²) in [6, 6.07) is 8.08. The molecular weight excluding hydrogens is 462 g/mol. The summed E-state index contributed by atoms with van der Waals surface area (Å²) in [5.41, 5.74) is 18.1. The average Bonchev–Trinajstić information content (AvgIpc) is 3.08. The van der Waals surface area contributed by atoms with Crippen LogP contribution in [0.2, 0.25) is 0 Å². The van der Waals surface area contributed by atoms with E-state index in [0.717, 1.165) is 12.8 Å². The first-order valence-corrected chi connectivity index (χ1v) is 12.2. The van der Waals surface area contributed by atoms with E-state index in [9.17, 15) is 24.3 Å². The fraction of sp³-hybridized carbons (Fsp3) is 0.462. The molecule has 0 saturated heterocycles. The lowest BCUT2D eigenvalue weighted by molar-refractivity contribution is -0.130. The van der Waals surface area contributed by atoms with E-state index < -0.39 is 41.9 Å². The number of nitrogens with one attached hydrogen (secondary N) is 2. The summed E-state index contributed by atoms with van der Waals surface area (Å²) in [6.07, 6.45) is 7.89. The molecule has 1 aliphatic carbocycles. The molecule has 0 aliphatic heterocycles. The highest BCUT2D eigenvalue weighted by Gasteiger charge is 2.26. The molecule has 1 aliphatic rings. The number of aliphatic hydroxyl groups is 1. The van der Waals surface area contributed by atoms with Crippen molar-refractivity contribution in [3.8, 4) is 0 Å². The fourth-order valence-electron chi connectivity index (χ4n) is 4.09. The Balaban J connectivity index is 1.90. The number of hydrogen-bond donors (Lipinski definition) is 6. The highest BCUT2D eigenvalue weighted by Crippen LogP contribution is 2.28. The number of carbonyl (C=O) groups excluding carboxylic acids is 4. The van der Waals surface area contributed by atoms with Crippen molar-refractivity contribution in [2.75, 3.05) is 0 Å². The van der Waals surface area contributed by atoms with Gasteiger partial charge >= 0.3 is 0 Å². The van der Waals surface area contributed by atoms with Crippen LogP contribution in [0, 0.1) is 5.92 Å². The van der Waals surface area contributed by atoms with E-state index >= 15 is 0 Å². The van der Waals surface area contributed by atoms with Crippen LogP contribution < -0.4 is 27.8 Å². The quantitative estimate of drug-likeness (QED) is 0.191. The summed E-state index contributed by atoms with van der Waals surface area (Å²) in [5, 5.41) is 15.9. The van der Waals surface area contributed by atoms with Crippen molar-refractivity contribution < 1.29 is 24.3 Å². The van der Waals surface area contributed by atoms with Gasteiger partial charge in [0.25, 0.3) is 0 Å². The van der Waals surface area contributed by atoms with Gasteiger partial charge in [0.15, 0.2) is 0 Å². The highest BCUT2D eigenvalue weighted by atomic mass is 16.3. The van der Waals surface area contributed by atoms with Crippen LogP contribution in [-0.2, 0) is 19.2 Å². The third kappa shape index (κ3) is 10.4. The Morgan fingerprint density at radius 2 is 1.58 bits per heavy atom. The van der Waals surface area contributed by atoms with E-state index in [0.29, 0.717) is 12.8 Å². The number of carbonyl (C=O) groups is 4. The second kappa shape index (κ2) is 14.8. The highest BCUT2D eigenvalue weighted by molar-refractivity contribution is 5.89. The van der Waals surface area contributed by atoms with Gasteiger partial charge in [-0.3, -0.25) is 24.5 Å². The van der Waals surface area contributed by atoms with Crippen LogP contribution in [0.4, 0.5) is 0 Å². The molecule has 10 nitrogen and oxygen atoms in total. The molecule has 4 amide bonds. The van der Waals surface area contributed by atoms with E-state index in [-0.39, 0.29) is 31.6 Å². The maximum atomic E-state index is 12.8. The van der Waals surface area contributed by atoms with Crippen LogP contribution in [0.3, 0.4) is 0 Å². The van der Waals surface area contributed by atoms with E-state index in [2.05, 4.69) is 34.9 Å². The molecule has 2 rings (SSSR count). The summed E-state index contributed by atoms with van der Waals surface area (Å²) in [4.78, 5) is 46.8. The van der Waals surface area contributed by atoms with Crippen molar-refractivity contribution >= 4 is 29.2 Å². The molecule has 9 N–H and O–H groups in total. The van der Waals surface area contributed by atoms with Crippen molar-refractivity contribution in [1.82, 2.24) is 10.6 Å². The van der Waals surface area contributed by atoms with Gasteiger partial charge in [-0.25, -0.2) is 0 Å². The van der Waals surface area contributed by atoms with E-state index in [4.69, 9.17) is 17.2 Å². The van der Waals surface area contributed by atoms with Gasteiger partial charge in [0, 0.05) is 12.8 Å². The van der Waals surface area contributed by atoms with E-state index in [1.165, 1.54) is 11.1 Å². The Morgan fingerprint density at radius 1 is 0.944 bits per heavy atom. The standard InChI is InChI=1S/C26H37N5O5/c27-22(32)14-12-20(25(29)35)31-26(36)21(13-15-23(28)33)30-24(34)16-10-17-5-4-8-19(11-9-17)18-6-2-1-3-7-18/h1-8,17,20-21,24,30,34H,9-16H2,(H2,27,32)(H2,28,33)(H2,29,35)(H,31,36)/t17-,20?,21+,24?/m1/s1. The SMILES string of the molecule is NC(=O)CCC(NC(=O)[C@H](CCC(N)=O)NC(O)CC[C@@H]1C=CC=C(c2ccccc2)CC1)C(N)=O. The molecule has 0 fully saturated rings. The average molecular weight is 500 g/mol. The first-order chi connectivity index (χ1) is 17.2. The van der Waals surface area contributed by atoms with Gasteiger partial charge < -0.3 is 27.6 Å². The predicted octanol–water partition coefficient (Wildman–Crippen LogP) is 0.594. The number of benzene rings is 1. The van der Waals surface area contributed by atoms with Crippen LogP contribution in [0.1, 0.15) is 56.9 Å². The summed E-state index contributed by atoms with van der Waals surface area (Å²) >= 11 is 0.